The molecule has 28 heavy (non-hydrogen) atoms. The number of carbonyl (C=O) groups excluding carboxylic acids is 1. The molecule has 0 radical (unpaired) electrons. The van der Waals surface area contributed by atoms with Crippen LogP contribution in [0.2, 0.25) is 0 Å². The molecule has 7 nitrogen and oxygen atoms in total. The van der Waals surface area contributed by atoms with E-state index in [1.807, 2.05) is 35.0 Å². The predicted molar refractivity (Wildman–Crippen MR) is 108 cm³/mol. The van der Waals surface area contributed by atoms with E-state index in [0.29, 0.717) is 6.42 Å². The molecule has 4 rings (SSSR count). The van der Waals surface area contributed by atoms with Crippen molar-refractivity contribution in [1.29, 1.82) is 0 Å². The number of thiophene rings is 2. The summed E-state index contributed by atoms with van der Waals surface area (Å²) in [5, 5.41) is 21.0. The van der Waals surface area contributed by atoms with Crippen molar-refractivity contribution in [3.63, 3.8) is 0 Å². The number of hydrazone groups is 1. The number of benzene rings is 1. The zero-order valence-electron chi connectivity index (χ0n) is 14.6. The van der Waals surface area contributed by atoms with E-state index in [4.69, 9.17) is 4.74 Å². The fourth-order valence-electron chi connectivity index (χ4n) is 2.97. The van der Waals surface area contributed by atoms with Gasteiger partial charge in [0.05, 0.1) is 21.6 Å². The monoisotopic (exact) mass is 413 g/mol. The second kappa shape index (κ2) is 7.91. The Kier molecular flexibility index (Phi) is 5.18. The van der Waals surface area contributed by atoms with E-state index in [9.17, 15) is 14.9 Å². The van der Waals surface area contributed by atoms with E-state index in [2.05, 4.69) is 5.10 Å². The third-order valence-electron chi connectivity index (χ3n) is 4.26. The Bertz CT molecular complexity index is 1020. The molecular formula is C19H15N3O4S2. The van der Waals surface area contributed by atoms with Gasteiger partial charge < -0.3 is 4.74 Å². The molecule has 1 aliphatic rings. The number of para-hydroxylation sites is 2. The molecule has 1 aliphatic heterocycles. The van der Waals surface area contributed by atoms with Gasteiger partial charge in [0.15, 0.2) is 12.4 Å². The van der Waals surface area contributed by atoms with Gasteiger partial charge in [-0.25, -0.2) is 5.01 Å². The van der Waals surface area contributed by atoms with Crippen LogP contribution in [0.1, 0.15) is 22.2 Å². The first-order valence-electron chi connectivity index (χ1n) is 8.46. The van der Waals surface area contributed by atoms with Gasteiger partial charge in [-0.15, -0.1) is 22.7 Å². The van der Waals surface area contributed by atoms with Crippen molar-refractivity contribution in [1.82, 2.24) is 5.01 Å². The highest BCUT2D eigenvalue weighted by molar-refractivity contribution is 7.12. The van der Waals surface area contributed by atoms with Crippen molar-refractivity contribution >= 4 is 40.0 Å². The number of amides is 1. The Morgan fingerprint density at radius 2 is 1.96 bits per heavy atom. The lowest BCUT2D eigenvalue weighted by Gasteiger charge is -2.20. The average Bonchev–Trinajstić information content (AvgIpc) is 3.46. The summed E-state index contributed by atoms with van der Waals surface area (Å²) in [5.41, 5.74) is 0.682. The second-order valence-electron chi connectivity index (χ2n) is 6.01. The smallest absolute Gasteiger partial charge is 0.310 e. The molecule has 0 aliphatic carbocycles. The maximum absolute atomic E-state index is 12.9. The van der Waals surface area contributed by atoms with E-state index >= 15 is 0 Å². The SMILES string of the molecule is O=C(COc1ccccc1[N+](=O)[O-])N1N=C(c2cccs2)CC1c1cccs1. The van der Waals surface area contributed by atoms with Crippen molar-refractivity contribution in [2.24, 2.45) is 5.10 Å². The molecule has 9 heteroatoms. The van der Waals surface area contributed by atoms with Crippen LogP contribution >= 0.6 is 22.7 Å². The lowest BCUT2D eigenvalue weighted by Crippen LogP contribution is -2.31. The summed E-state index contributed by atoms with van der Waals surface area (Å²) in [6.45, 7) is -0.325. The summed E-state index contributed by atoms with van der Waals surface area (Å²) >= 11 is 3.14. The zero-order chi connectivity index (χ0) is 19.5. The average molecular weight is 413 g/mol. The number of ether oxygens (including phenoxy) is 1. The summed E-state index contributed by atoms with van der Waals surface area (Å²) in [7, 11) is 0. The third kappa shape index (κ3) is 3.67. The number of carbonyl (C=O) groups is 1. The molecule has 142 valence electrons. The van der Waals surface area contributed by atoms with Crippen LogP contribution in [0, 0.1) is 10.1 Å². The highest BCUT2D eigenvalue weighted by Gasteiger charge is 2.34. The van der Waals surface area contributed by atoms with Gasteiger partial charge in [0.25, 0.3) is 5.91 Å². The maximum Gasteiger partial charge on any atom is 0.310 e. The first-order valence-corrected chi connectivity index (χ1v) is 10.2. The van der Waals surface area contributed by atoms with Crippen molar-refractivity contribution in [3.8, 4) is 5.75 Å². The summed E-state index contributed by atoms with van der Waals surface area (Å²) in [6.07, 6.45) is 0.623. The zero-order valence-corrected chi connectivity index (χ0v) is 16.2. The van der Waals surface area contributed by atoms with Crippen LogP contribution in [-0.4, -0.2) is 28.2 Å². The van der Waals surface area contributed by atoms with E-state index < -0.39 is 4.92 Å². The molecule has 3 heterocycles. The van der Waals surface area contributed by atoms with Gasteiger partial charge in [-0.2, -0.15) is 5.10 Å². The summed E-state index contributed by atoms with van der Waals surface area (Å²) in [4.78, 5) is 25.5. The van der Waals surface area contributed by atoms with Crippen LogP contribution in [0.3, 0.4) is 0 Å². The third-order valence-corrected chi connectivity index (χ3v) is 6.15. The molecule has 0 saturated heterocycles. The molecule has 1 amide bonds. The number of nitrogens with zero attached hydrogens (tertiary/aromatic N) is 3. The minimum atomic E-state index is -0.531. The molecule has 0 bridgehead atoms. The topological polar surface area (TPSA) is 85.0 Å². The fraction of sp³-hybridized carbons (Fsp3) is 0.158. The number of hydrogen-bond acceptors (Lipinski definition) is 7. The number of hydrogen-bond donors (Lipinski definition) is 0. The minimum Gasteiger partial charge on any atom is -0.477 e. The number of nitro benzene ring substituents is 1. The highest BCUT2D eigenvalue weighted by atomic mass is 32.1. The molecule has 2 aromatic heterocycles. The Hall–Kier alpha value is -3.04. The maximum atomic E-state index is 12.9. The minimum absolute atomic E-state index is 0.0650. The van der Waals surface area contributed by atoms with Crippen LogP contribution in [0.5, 0.6) is 5.75 Å². The van der Waals surface area contributed by atoms with E-state index in [0.717, 1.165) is 15.5 Å². The molecule has 3 aromatic rings. The van der Waals surface area contributed by atoms with Crippen LogP contribution in [-0.2, 0) is 4.79 Å². The number of rotatable bonds is 6. The summed E-state index contributed by atoms with van der Waals surface area (Å²) in [6, 6.07) is 13.7. The van der Waals surface area contributed by atoms with Gasteiger partial charge in [-0.1, -0.05) is 24.3 Å². The molecule has 1 unspecified atom stereocenters. The van der Waals surface area contributed by atoms with Gasteiger partial charge >= 0.3 is 5.69 Å². The van der Waals surface area contributed by atoms with Gasteiger partial charge in [0.2, 0.25) is 0 Å². The Morgan fingerprint density at radius 3 is 2.68 bits per heavy atom. The van der Waals surface area contributed by atoms with Gasteiger partial charge in [-0.3, -0.25) is 14.9 Å². The van der Waals surface area contributed by atoms with Crippen molar-refractivity contribution < 1.29 is 14.5 Å². The lowest BCUT2D eigenvalue weighted by atomic mass is 10.1. The van der Waals surface area contributed by atoms with Crippen LogP contribution < -0.4 is 4.74 Å². The Morgan fingerprint density at radius 1 is 1.18 bits per heavy atom. The standard InChI is InChI=1S/C19H15N3O4S2/c23-19(12-26-16-6-2-1-5-14(16)22(24)25)21-15(18-8-4-10-28-18)11-13(20-21)17-7-3-9-27-17/h1-10,15H,11-12H2. The molecule has 0 saturated carbocycles. The number of nitro groups is 1. The van der Waals surface area contributed by atoms with E-state index in [-0.39, 0.29) is 30.0 Å². The van der Waals surface area contributed by atoms with Gasteiger partial charge in [-0.05, 0) is 29.0 Å². The quantitative estimate of drug-likeness (QED) is 0.441. The van der Waals surface area contributed by atoms with Crippen molar-refractivity contribution in [2.75, 3.05) is 6.61 Å². The van der Waals surface area contributed by atoms with Gasteiger partial charge in [0.1, 0.15) is 0 Å². The van der Waals surface area contributed by atoms with Crippen LogP contribution in [0.25, 0.3) is 0 Å². The Balaban J connectivity index is 1.55. The summed E-state index contributed by atoms with van der Waals surface area (Å²) < 4.78 is 5.47. The van der Waals surface area contributed by atoms with E-state index in [1.165, 1.54) is 17.1 Å². The second-order valence-corrected chi connectivity index (χ2v) is 7.94. The first-order chi connectivity index (χ1) is 13.6. The molecule has 0 fully saturated rings. The van der Waals surface area contributed by atoms with Gasteiger partial charge in [0, 0.05) is 17.4 Å². The first kappa shape index (κ1) is 18.3. The van der Waals surface area contributed by atoms with E-state index in [1.54, 1.807) is 34.8 Å². The molecule has 0 N–H and O–H groups in total. The lowest BCUT2D eigenvalue weighted by molar-refractivity contribution is -0.385. The predicted octanol–water partition coefficient (Wildman–Crippen LogP) is 4.47. The van der Waals surface area contributed by atoms with Crippen LogP contribution in [0.15, 0.2) is 64.4 Å². The van der Waals surface area contributed by atoms with Crippen LogP contribution in [0.4, 0.5) is 5.69 Å². The molecular weight excluding hydrogens is 398 g/mol. The normalized spacial score (nSPS) is 16.1. The highest BCUT2D eigenvalue weighted by Crippen LogP contribution is 2.36. The Labute approximate surface area is 168 Å². The van der Waals surface area contributed by atoms with Crippen molar-refractivity contribution in [2.45, 2.75) is 12.5 Å². The van der Waals surface area contributed by atoms with Crippen molar-refractivity contribution in [3.05, 3.63) is 79.2 Å². The largest absolute Gasteiger partial charge is 0.477 e. The molecule has 1 aromatic carbocycles. The molecule has 1 atom stereocenters. The fourth-order valence-corrected chi connectivity index (χ4v) is 4.50. The summed E-state index contributed by atoms with van der Waals surface area (Å²) in [5.74, 6) is -0.279. The molecule has 0 spiro atoms.